The highest BCUT2D eigenvalue weighted by molar-refractivity contribution is 6.36. The quantitative estimate of drug-likeness (QED) is 0.569. The van der Waals surface area contributed by atoms with Crippen molar-refractivity contribution in [1.29, 1.82) is 0 Å². The highest BCUT2D eigenvalue weighted by atomic mass is 35.5. The summed E-state index contributed by atoms with van der Waals surface area (Å²) < 4.78 is 0. The summed E-state index contributed by atoms with van der Waals surface area (Å²) in [6.45, 7) is 5.75. The van der Waals surface area contributed by atoms with E-state index in [2.05, 4.69) is 5.32 Å². The van der Waals surface area contributed by atoms with Gasteiger partial charge in [-0.1, -0.05) is 59.9 Å². The molecule has 2 aromatic rings. The van der Waals surface area contributed by atoms with Crippen LogP contribution in [0.2, 0.25) is 15.1 Å². The number of amides is 2. The van der Waals surface area contributed by atoms with Crippen molar-refractivity contribution in [1.82, 2.24) is 10.2 Å². The maximum atomic E-state index is 13.2. The van der Waals surface area contributed by atoms with Gasteiger partial charge in [0.1, 0.15) is 6.04 Å². The van der Waals surface area contributed by atoms with Gasteiger partial charge in [0, 0.05) is 33.2 Å². The molecule has 0 aliphatic carbocycles. The molecule has 0 aliphatic heterocycles. The van der Waals surface area contributed by atoms with Crippen molar-refractivity contribution >= 4 is 46.6 Å². The fourth-order valence-corrected chi connectivity index (χ4v) is 3.55. The van der Waals surface area contributed by atoms with Gasteiger partial charge in [-0.15, -0.1) is 0 Å². The molecule has 0 radical (unpaired) electrons. The topological polar surface area (TPSA) is 49.4 Å². The lowest BCUT2D eigenvalue weighted by molar-refractivity contribution is -0.140. The average Bonchev–Trinajstić information content (AvgIpc) is 2.67. The van der Waals surface area contributed by atoms with Crippen LogP contribution in [0.15, 0.2) is 42.5 Å². The number of hydrogen-bond acceptors (Lipinski definition) is 2. The minimum Gasteiger partial charge on any atom is -0.352 e. The second kappa shape index (κ2) is 10.9. The lowest BCUT2D eigenvalue weighted by atomic mass is 10.1. The summed E-state index contributed by atoms with van der Waals surface area (Å²) in [6.07, 6.45) is 0.912. The molecule has 1 N–H and O–H groups in total. The summed E-state index contributed by atoms with van der Waals surface area (Å²) >= 11 is 18.7. The molecular weight excluding hydrogens is 431 g/mol. The Morgan fingerprint density at radius 2 is 1.66 bits per heavy atom. The lowest BCUT2D eigenvalue weighted by Gasteiger charge is -2.30. The maximum absolute atomic E-state index is 13.2. The molecule has 7 heteroatoms. The van der Waals surface area contributed by atoms with E-state index in [0.717, 1.165) is 12.0 Å². The molecule has 0 saturated heterocycles. The molecule has 0 saturated carbocycles. The van der Waals surface area contributed by atoms with Crippen LogP contribution in [-0.2, 0) is 22.6 Å². The molecule has 0 fully saturated rings. The van der Waals surface area contributed by atoms with Crippen molar-refractivity contribution in [3.05, 3.63) is 68.7 Å². The Bertz CT molecular complexity index is 853. The van der Waals surface area contributed by atoms with Gasteiger partial charge in [0.2, 0.25) is 11.8 Å². The van der Waals surface area contributed by atoms with Crippen LogP contribution in [0.25, 0.3) is 0 Å². The fraction of sp³-hybridized carbons (Fsp3) is 0.364. The SMILES string of the molecule is CC[C@H](C)NC(=O)[C@H](C)N(Cc1c(Cl)cccc1Cl)C(=O)Cc1cccc(Cl)c1. The zero-order valence-corrected chi connectivity index (χ0v) is 19.0. The summed E-state index contributed by atoms with van der Waals surface area (Å²) in [5, 5.41) is 4.39. The van der Waals surface area contributed by atoms with E-state index in [0.29, 0.717) is 20.6 Å². The minimum atomic E-state index is -0.692. The molecule has 29 heavy (non-hydrogen) atoms. The van der Waals surface area contributed by atoms with Gasteiger partial charge < -0.3 is 10.2 Å². The normalized spacial score (nSPS) is 12.9. The van der Waals surface area contributed by atoms with E-state index >= 15 is 0 Å². The molecule has 156 valence electrons. The van der Waals surface area contributed by atoms with Crippen LogP contribution in [0.1, 0.15) is 38.3 Å². The van der Waals surface area contributed by atoms with Gasteiger partial charge in [-0.3, -0.25) is 9.59 Å². The smallest absolute Gasteiger partial charge is 0.242 e. The summed E-state index contributed by atoms with van der Waals surface area (Å²) in [5.74, 6) is -0.433. The Balaban J connectivity index is 2.31. The number of halogens is 3. The standard InChI is InChI=1S/C22H25Cl3N2O2/c1-4-14(2)26-22(29)15(3)27(13-18-19(24)9-6-10-20(18)25)21(28)12-16-7-5-8-17(23)11-16/h5-11,14-15H,4,12-13H2,1-3H3,(H,26,29)/t14-,15-/m0/s1. The molecule has 2 amide bonds. The number of benzene rings is 2. The molecule has 0 spiro atoms. The number of carbonyl (C=O) groups is 2. The number of rotatable bonds is 8. The molecule has 2 atom stereocenters. The average molecular weight is 456 g/mol. The second-order valence-electron chi connectivity index (χ2n) is 7.02. The van der Waals surface area contributed by atoms with E-state index in [-0.39, 0.29) is 30.8 Å². The second-order valence-corrected chi connectivity index (χ2v) is 8.27. The molecule has 4 nitrogen and oxygen atoms in total. The molecule has 0 bridgehead atoms. The molecule has 0 aromatic heterocycles. The van der Waals surface area contributed by atoms with E-state index in [9.17, 15) is 9.59 Å². The van der Waals surface area contributed by atoms with Gasteiger partial charge in [-0.2, -0.15) is 0 Å². The Morgan fingerprint density at radius 1 is 1.03 bits per heavy atom. The third-order valence-corrected chi connectivity index (χ3v) is 5.75. The van der Waals surface area contributed by atoms with Crippen LogP contribution in [0, 0.1) is 0 Å². The molecule has 0 aliphatic rings. The van der Waals surface area contributed by atoms with Crippen LogP contribution in [-0.4, -0.2) is 28.8 Å². The van der Waals surface area contributed by atoms with E-state index < -0.39 is 6.04 Å². The van der Waals surface area contributed by atoms with E-state index in [4.69, 9.17) is 34.8 Å². The van der Waals surface area contributed by atoms with Gasteiger partial charge in [-0.25, -0.2) is 0 Å². The maximum Gasteiger partial charge on any atom is 0.242 e. The Hall–Kier alpha value is -1.75. The van der Waals surface area contributed by atoms with Crippen molar-refractivity contribution < 1.29 is 9.59 Å². The Kier molecular flexibility index (Phi) is 8.81. The molecule has 0 heterocycles. The highest BCUT2D eigenvalue weighted by Crippen LogP contribution is 2.27. The third-order valence-electron chi connectivity index (χ3n) is 4.80. The van der Waals surface area contributed by atoms with Gasteiger partial charge in [0.15, 0.2) is 0 Å². The number of hydrogen-bond donors (Lipinski definition) is 1. The van der Waals surface area contributed by atoms with E-state index in [1.807, 2.05) is 19.9 Å². The monoisotopic (exact) mass is 454 g/mol. The molecule has 2 rings (SSSR count). The first-order valence-electron chi connectivity index (χ1n) is 9.50. The van der Waals surface area contributed by atoms with Gasteiger partial charge in [0.05, 0.1) is 6.42 Å². The van der Waals surface area contributed by atoms with Crippen molar-refractivity contribution in [2.45, 2.75) is 52.2 Å². The summed E-state index contributed by atoms with van der Waals surface area (Å²) in [5.41, 5.74) is 1.38. The highest BCUT2D eigenvalue weighted by Gasteiger charge is 2.28. The van der Waals surface area contributed by atoms with Gasteiger partial charge in [0.25, 0.3) is 0 Å². The Labute approximate surface area is 187 Å². The van der Waals surface area contributed by atoms with Crippen LogP contribution in [0.5, 0.6) is 0 Å². The Morgan fingerprint density at radius 3 is 2.24 bits per heavy atom. The van der Waals surface area contributed by atoms with Gasteiger partial charge in [-0.05, 0) is 50.1 Å². The molecule has 2 aromatic carbocycles. The minimum absolute atomic E-state index is 0.0127. The molecule has 0 unspecified atom stereocenters. The van der Waals surface area contributed by atoms with Crippen molar-refractivity contribution in [2.24, 2.45) is 0 Å². The van der Waals surface area contributed by atoms with Crippen LogP contribution >= 0.6 is 34.8 Å². The van der Waals surface area contributed by atoms with Gasteiger partial charge >= 0.3 is 0 Å². The fourth-order valence-electron chi connectivity index (χ4n) is 2.82. The number of nitrogens with one attached hydrogen (secondary N) is 1. The predicted molar refractivity (Wildman–Crippen MR) is 120 cm³/mol. The summed E-state index contributed by atoms with van der Waals surface area (Å²) in [4.78, 5) is 27.4. The van der Waals surface area contributed by atoms with E-state index in [1.165, 1.54) is 4.90 Å². The van der Waals surface area contributed by atoms with Crippen molar-refractivity contribution in [3.63, 3.8) is 0 Å². The summed E-state index contributed by atoms with van der Waals surface area (Å²) in [7, 11) is 0. The lowest BCUT2D eigenvalue weighted by Crippen LogP contribution is -2.50. The number of carbonyl (C=O) groups excluding carboxylic acids is 2. The zero-order valence-electron chi connectivity index (χ0n) is 16.7. The number of nitrogens with zero attached hydrogens (tertiary/aromatic N) is 1. The first kappa shape index (κ1) is 23.5. The van der Waals surface area contributed by atoms with E-state index in [1.54, 1.807) is 43.3 Å². The van der Waals surface area contributed by atoms with Crippen LogP contribution < -0.4 is 5.32 Å². The third kappa shape index (κ3) is 6.63. The van der Waals surface area contributed by atoms with Crippen LogP contribution in [0.3, 0.4) is 0 Å². The van der Waals surface area contributed by atoms with Crippen molar-refractivity contribution in [2.75, 3.05) is 0 Å². The van der Waals surface area contributed by atoms with Crippen molar-refractivity contribution in [3.8, 4) is 0 Å². The largest absolute Gasteiger partial charge is 0.352 e. The molecular formula is C22H25Cl3N2O2. The summed E-state index contributed by atoms with van der Waals surface area (Å²) in [6, 6.07) is 11.6. The zero-order chi connectivity index (χ0) is 21.6. The van der Waals surface area contributed by atoms with Crippen LogP contribution in [0.4, 0.5) is 0 Å². The first-order valence-corrected chi connectivity index (χ1v) is 10.6. The first-order chi connectivity index (χ1) is 13.7. The predicted octanol–water partition coefficient (Wildman–Crippen LogP) is 5.52.